The largest absolute Gasteiger partial charge is 0.480 e. The average Bonchev–Trinajstić information content (AvgIpc) is 3.18. The number of carboxylic acids is 1. The summed E-state index contributed by atoms with van der Waals surface area (Å²) in [5.41, 5.74) is -2.43. The van der Waals surface area contributed by atoms with Crippen LogP contribution in [0.3, 0.4) is 0 Å². The van der Waals surface area contributed by atoms with Crippen LogP contribution in [0.1, 0.15) is 61.0 Å². The molecule has 36 heavy (non-hydrogen) atoms. The number of aliphatic carboxylic acids is 1. The van der Waals surface area contributed by atoms with E-state index in [-0.39, 0.29) is 30.0 Å². The van der Waals surface area contributed by atoms with Crippen molar-refractivity contribution in [2.45, 2.75) is 63.2 Å². The number of hydrogen-bond donors (Lipinski definition) is 2. The van der Waals surface area contributed by atoms with E-state index in [1.54, 1.807) is 12.1 Å². The van der Waals surface area contributed by atoms with Crippen LogP contribution in [0.25, 0.3) is 0 Å². The maximum atomic E-state index is 13.5. The molecule has 1 aliphatic rings. The Bertz CT molecular complexity index is 1020. The van der Waals surface area contributed by atoms with Gasteiger partial charge in [0.25, 0.3) is 0 Å². The number of rotatable bonds is 8. The number of carbonyl (C=O) groups is 1. The minimum Gasteiger partial charge on any atom is -0.480 e. The van der Waals surface area contributed by atoms with Crippen molar-refractivity contribution in [3.05, 3.63) is 70.5 Å². The minimum atomic E-state index is -4.97. The highest BCUT2D eigenvalue weighted by molar-refractivity contribution is 5.72. The molecule has 1 fully saturated rings. The molecule has 2 aromatic carbocycles. The van der Waals surface area contributed by atoms with Crippen LogP contribution in [0.4, 0.5) is 30.7 Å². The third-order valence-corrected chi connectivity index (χ3v) is 6.50. The summed E-state index contributed by atoms with van der Waals surface area (Å²) < 4.78 is 99.3. The Morgan fingerprint density at radius 2 is 1.56 bits per heavy atom. The second kappa shape index (κ2) is 10.8. The molecule has 0 radical (unpaired) electrons. The molecular weight excluding hydrogens is 495 g/mol. The second-order valence-electron chi connectivity index (χ2n) is 9.04. The SMILES string of the molecule is C[C@@H](NC[C@@H]1CC[C@H](O[C@H](C)c2cc(C(F)(F)F)cc(C(F)(F)F)c2)[C@H]1c1ccc(F)cc1)C(=O)O. The van der Waals surface area contributed by atoms with E-state index in [9.17, 15) is 35.5 Å². The molecule has 5 atom stereocenters. The minimum absolute atomic E-state index is 0.0679. The van der Waals surface area contributed by atoms with E-state index in [4.69, 9.17) is 9.84 Å². The molecule has 198 valence electrons. The van der Waals surface area contributed by atoms with E-state index in [2.05, 4.69) is 5.32 Å². The van der Waals surface area contributed by atoms with E-state index in [0.717, 1.165) is 0 Å². The fourth-order valence-corrected chi connectivity index (χ4v) is 4.56. The fourth-order valence-electron chi connectivity index (χ4n) is 4.56. The van der Waals surface area contributed by atoms with Gasteiger partial charge in [0.15, 0.2) is 0 Å². The van der Waals surface area contributed by atoms with Crippen molar-refractivity contribution in [3.63, 3.8) is 0 Å². The molecule has 0 heterocycles. The Labute approximate surface area is 203 Å². The highest BCUT2D eigenvalue weighted by atomic mass is 19.4. The number of nitrogens with one attached hydrogen (secondary N) is 1. The highest BCUT2D eigenvalue weighted by Crippen LogP contribution is 2.44. The predicted octanol–water partition coefficient (Wildman–Crippen LogP) is 6.57. The standard InChI is InChI=1S/C25H26F7NO3/c1-13(23(34)35)33-12-16-5-8-21(22(16)15-3-6-20(26)7-4-15)36-14(2)17-9-18(24(27,28)29)11-19(10-17)25(30,31)32/h3-4,6-7,9-11,13-14,16,21-22,33H,5,8,12H2,1-2H3,(H,34,35)/t13-,14-,16+,21+,22+/m1/s1. The zero-order chi connectivity index (χ0) is 26.8. The lowest BCUT2D eigenvalue weighted by Gasteiger charge is -2.29. The second-order valence-corrected chi connectivity index (χ2v) is 9.04. The van der Waals surface area contributed by atoms with Crippen LogP contribution in [-0.2, 0) is 21.9 Å². The van der Waals surface area contributed by atoms with Gasteiger partial charge in [-0.25, -0.2) is 4.39 Å². The van der Waals surface area contributed by atoms with Crippen molar-refractivity contribution in [1.82, 2.24) is 5.32 Å². The Balaban J connectivity index is 1.89. The number of alkyl halides is 6. The molecular formula is C25H26F7NO3. The quantitative estimate of drug-likeness (QED) is 0.386. The Hall–Kier alpha value is -2.66. The van der Waals surface area contributed by atoms with E-state index in [1.165, 1.54) is 26.0 Å². The van der Waals surface area contributed by atoms with Gasteiger partial charge >= 0.3 is 18.3 Å². The van der Waals surface area contributed by atoms with Gasteiger partial charge in [-0.15, -0.1) is 0 Å². The van der Waals surface area contributed by atoms with Crippen molar-refractivity contribution in [3.8, 4) is 0 Å². The molecule has 0 unspecified atom stereocenters. The average molecular weight is 521 g/mol. The van der Waals surface area contributed by atoms with Gasteiger partial charge in [-0.1, -0.05) is 12.1 Å². The fraction of sp³-hybridized carbons (Fsp3) is 0.480. The third kappa shape index (κ3) is 6.76. The Kier molecular flexibility index (Phi) is 8.34. The van der Waals surface area contributed by atoms with Gasteiger partial charge in [0, 0.05) is 5.92 Å². The third-order valence-electron chi connectivity index (χ3n) is 6.50. The lowest BCUT2D eigenvalue weighted by molar-refractivity contribution is -0.143. The van der Waals surface area contributed by atoms with Gasteiger partial charge in [0.05, 0.1) is 23.3 Å². The number of hydrogen-bond acceptors (Lipinski definition) is 3. The molecule has 0 saturated heterocycles. The van der Waals surface area contributed by atoms with Crippen molar-refractivity contribution < 1.29 is 45.4 Å². The monoisotopic (exact) mass is 521 g/mol. The van der Waals surface area contributed by atoms with Crippen molar-refractivity contribution >= 4 is 5.97 Å². The van der Waals surface area contributed by atoms with Gasteiger partial charge < -0.3 is 15.2 Å². The van der Waals surface area contributed by atoms with Gasteiger partial charge in [0.2, 0.25) is 0 Å². The van der Waals surface area contributed by atoms with Gasteiger partial charge in [-0.2, -0.15) is 26.3 Å². The summed E-state index contributed by atoms with van der Waals surface area (Å²) in [6, 6.07) is 6.13. The molecule has 1 saturated carbocycles. The normalized spacial score (nSPS) is 22.4. The summed E-state index contributed by atoms with van der Waals surface area (Å²) >= 11 is 0. The van der Waals surface area contributed by atoms with Gasteiger partial charge in [-0.05, 0) is 80.6 Å². The highest BCUT2D eigenvalue weighted by Gasteiger charge is 2.40. The molecule has 0 bridgehead atoms. The summed E-state index contributed by atoms with van der Waals surface area (Å²) in [7, 11) is 0. The topological polar surface area (TPSA) is 58.6 Å². The number of benzene rings is 2. The lowest BCUT2D eigenvalue weighted by atomic mass is 9.87. The van der Waals surface area contributed by atoms with Crippen molar-refractivity contribution in [2.24, 2.45) is 5.92 Å². The Morgan fingerprint density at radius 3 is 2.06 bits per heavy atom. The molecule has 2 aromatic rings. The van der Waals surface area contributed by atoms with Crippen LogP contribution >= 0.6 is 0 Å². The van der Waals surface area contributed by atoms with E-state index < -0.39 is 53.5 Å². The number of halogens is 7. The summed E-state index contributed by atoms with van der Waals surface area (Å²) in [5.74, 6) is -2.05. The van der Waals surface area contributed by atoms with E-state index >= 15 is 0 Å². The summed E-state index contributed by atoms with van der Waals surface area (Å²) in [6.07, 6.45) is -10.7. The Morgan fingerprint density at radius 1 is 1.00 bits per heavy atom. The molecule has 1 aliphatic carbocycles. The first kappa shape index (κ1) is 27.9. The molecule has 2 N–H and O–H groups in total. The maximum absolute atomic E-state index is 13.5. The van der Waals surface area contributed by atoms with Gasteiger partial charge in [0.1, 0.15) is 11.9 Å². The smallest absolute Gasteiger partial charge is 0.416 e. The maximum Gasteiger partial charge on any atom is 0.416 e. The van der Waals surface area contributed by atoms with Crippen LogP contribution in [0.2, 0.25) is 0 Å². The molecule has 0 amide bonds. The molecule has 4 nitrogen and oxygen atoms in total. The summed E-state index contributed by atoms with van der Waals surface area (Å²) in [4.78, 5) is 11.2. The predicted molar refractivity (Wildman–Crippen MR) is 117 cm³/mol. The first-order valence-corrected chi connectivity index (χ1v) is 11.3. The number of carboxylic acid groups (broad SMARTS) is 1. The summed E-state index contributed by atoms with van der Waals surface area (Å²) in [6.45, 7) is 3.15. The molecule has 0 spiro atoms. The first-order chi connectivity index (χ1) is 16.7. The van der Waals surface area contributed by atoms with E-state index in [1.807, 2.05) is 0 Å². The molecule has 0 aliphatic heterocycles. The van der Waals surface area contributed by atoms with Crippen LogP contribution in [0.15, 0.2) is 42.5 Å². The van der Waals surface area contributed by atoms with Gasteiger partial charge in [-0.3, -0.25) is 4.79 Å². The molecule has 11 heteroatoms. The van der Waals surface area contributed by atoms with Crippen LogP contribution in [0, 0.1) is 11.7 Å². The zero-order valence-corrected chi connectivity index (χ0v) is 19.5. The van der Waals surface area contributed by atoms with Crippen molar-refractivity contribution in [2.75, 3.05) is 6.54 Å². The molecule has 0 aromatic heterocycles. The summed E-state index contributed by atoms with van der Waals surface area (Å²) in [5, 5.41) is 12.0. The number of ether oxygens (including phenoxy) is 1. The zero-order valence-electron chi connectivity index (χ0n) is 19.5. The first-order valence-electron chi connectivity index (χ1n) is 11.3. The van der Waals surface area contributed by atoms with E-state index in [0.29, 0.717) is 30.5 Å². The molecule has 3 rings (SSSR count). The van der Waals surface area contributed by atoms with Crippen LogP contribution in [-0.4, -0.2) is 29.8 Å². The van der Waals surface area contributed by atoms with Crippen LogP contribution < -0.4 is 5.32 Å². The lowest BCUT2D eigenvalue weighted by Crippen LogP contribution is -2.38. The van der Waals surface area contributed by atoms with Crippen LogP contribution in [0.5, 0.6) is 0 Å². The van der Waals surface area contributed by atoms with Crippen molar-refractivity contribution in [1.29, 1.82) is 0 Å².